The molecule has 49 heavy (non-hydrogen) atoms. The van der Waals surface area contributed by atoms with Crippen LogP contribution in [0.15, 0.2) is 176 Å². The van der Waals surface area contributed by atoms with Crippen molar-refractivity contribution in [1.29, 1.82) is 0 Å². The normalized spacial score (nSPS) is 14.9. The molecule has 232 valence electrons. The zero-order valence-electron chi connectivity index (χ0n) is 36.3. The lowest BCUT2D eigenvalue weighted by molar-refractivity contribution is 0.909. The number of benzene rings is 8. The van der Waals surface area contributed by atoms with Crippen molar-refractivity contribution in [2.24, 2.45) is 0 Å². The zero-order valence-corrected chi connectivity index (χ0v) is 26.3. The van der Waals surface area contributed by atoms with Crippen LogP contribution in [-0.2, 0) is 6.37 Å². The summed E-state index contributed by atoms with van der Waals surface area (Å²) in [6.07, 6.45) is -2.74. The molecule has 0 radical (unpaired) electrons. The summed E-state index contributed by atoms with van der Waals surface area (Å²) in [6, 6.07) is 44.7. The van der Waals surface area contributed by atoms with Gasteiger partial charge in [-0.25, -0.2) is 4.98 Å². The minimum Gasteiger partial charge on any atom is -0.296 e. The van der Waals surface area contributed by atoms with Gasteiger partial charge in [-0.15, -0.1) is 0 Å². The first-order valence-electron chi connectivity index (χ1n) is 21.1. The van der Waals surface area contributed by atoms with Crippen LogP contribution in [0.1, 0.15) is 26.4 Å². The van der Waals surface area contributed by atoms with Gasteiger partial charge in [-0.1, -0.05) is 164 Å². The van der Waals surface area contributed by atoms with Crippen molar-refractivity contribution in [3.8, 4) is 50.2 Å². The summed E-state index contributed by atoms with van der Waals surface area (Å²) in [5.74, 6) is -0.200. The lowest BCUT2D eigenvalue weighted by Crippen LogP contribution is -2.02. The molecule has 0 bridgehead atoms. The monoisotopic (exact) mass is 636 g/mol. The van der Waals surface area contributed by atoms with Gasteiger partial charge in [0.25, 0.3) is 0 Å². The fourth-order valence-electron chi connectivity index (χ4n) is 7.12. The van der Waals surface area contributed by atoms with Gasteiger partial charge in [0, 0.05) is 18.8 Å². The molecule has 2 heteroatoms. The Morgan fingerprint density at radius 1 is 0.531 bits per heavy atom. The number of rotatable bonds is 6. The van der Waals surface area contributed by atoms with E-state index < -0.39 is 19.3 Å². The molecule has 9 rings (SSSR count). The first-order valence-corrected chi connectivity index (χ1v) is 16.1. The highest BCUT2D eigenvalue weighted by molar-refractivity contribution is 6.22. The van der Waals surface area contributed by atoms with Crippen molar-refractivity contribution >= 4 is 32.6 Å². The topological polar surface area (TPSA) is 17.8 Å². The van der Waals surface area contributed by atoms with Crippen LogP contribution < -0.4 is 0 Å². The van der Waals surface area contributed by atoms with Gasteiger partial charge in [-0.05, 0) is 78.7 Å². The number of fused-ring (bicyclic) bond motifs is 3. The van der Waals surface area contributed by atoms with Crippen LogP contribution >= 0.6 is 0 Å². The summed E-state index contributed by atoms with van der Waals surface area (Å²) in [4.78, 5) is 4.53. The van der Waals surface area contributed by atoms with E-state index in [1.807, 2.05) is 97.1 Å². The van der Waals surface area contributed by atoms with Crippen molar-refractivity contribution in [2.75, 3.05) is 0 Å². The quantitative estimate of drug-likeness (QED) is 0.166. The Labute approximate surface area is 300 Å². The fraction of sp³-hybridized carbons (Fsp3) is 0.0426. The number of aromatic nitrogens is 2. The van der Waals surface area contributed by atoms with Gasteiger partial charge in [0.15, 0.2) is 0 Å². The maximum atomic E-state index is 8.82. The molecule has 8 aromatic carbocycles. The molecule has 1 heterocycles. The zero-order chi connectivity index (χ0) is 41.4. The third-order valence-electron chi connectivity index (χ3n) is 9.20. The number of hydrogen-bond donors (Lipinski definition) is 0. The molecule has 0 amide bonds. The average Bonchev–Trinajstić information content (AvgIpc) is 3.65. The Balaban J connectivity index is 1.23. The van der Waals surface area contributed by atoms with E-state index in [2.05, 4.69) is 41.4 Å². The molecule has 0 saturated heterocycles. The summed E-state index contributed by atoms with van der Waals surface area (Å²) < 4.78 is 85.9. The molecule has 0 N–H and O–H groups in total. The lowest BCUT2D eigenvalue weighted by Gasteiger charge is -2.20. The van der Waals surface area contributed by atoms with Crippen LogP contribution in [0.2, 0.25) is 0 Å². The first-order chi connectivity index (χ1) is 28.3. The molecule has 0 unspecified atom stereocenters. The van der Waals surface area contributed by atoms with Crippen molar-refractivity contribution in [2.45, 2.75) is 13.2 Å². The molecular formula is C47H34N2. The van der Waals surface area contributed by atoms with Crippen molar-refractivity contribution in [1.82, 2.24) is 9.55 Å². The third-order valence-corrected chi connectivity index (χ3v) is 9.20. The molecule has 1 aromatic heterocycles. The number of hydrogen-bond acceptors (Lipinski definition) is 1. The van der Waals surface area contributed by atoms with E-state index in [-0.39, 0.29) is 35.6 Å². The van der Waals surface area contributed by atoms with Crippen LogP contribution in [0.4, 0.5) is 0 Å². The Kier molecular flexibility index (Phi) is 4.98. The van der Waals surface area contributed by atoms with E-state index in [4.69, 9.17) is 13.7 Å². The first kappa shape index (κ1) is 20.2. The molecule has 0 fully saturated rings. The third kappa shape index (κ3) is 4.84. The highest BCUT2D eigenvalue weighted by Gasteiger charge is 2.19. The van der Waals surface area contributed by atoms with Crippen molar-refractivity contribution < 1.29 is 13.7 Å². The SMILES string of the molecule is [2H]c1c([2H])c([2H])c(-c2ccccc2-c2c3ccccc3c(-c3ccc(-c4ccccc4-n4c(C([2H])([2H])C([2H])([2H])[2H])nc5ccccc54)cc3)c3ccccc23)c([2H])c1[2H]. The summed E-state index contributed by atoms with van der Waals surface area (Å²) in [7, 11) is 0. The van der Waals surface area contributed by atoms with Gasteiger partial charge in [0.05, 0.1) is 23.6 Å². The molecule has 0 spiro atoms. The fourth-order valence-corrected chi connectivity index (χ4v) is 7.12. The predicted octanol–water partition coefficient (Wildman–Crippen LogP) is 12.6. The van der Waals surface area contributed by atoms with Crippen molar-refractivity contribution in [3.05, 3.63) is 182 Å². The lowest BCUT2D eigenvalue weighted by atomic mass is 9.83. The second-order valence-electron chi connectivity index (χ2n) is 11.9. The van der Waals surface area contributed by atoms with Gasteiger partial charge in [-0.3, -0.25) is 4.57 Å². The molecule has 0 aliphatic carbocycles. The van der Waals surface area contributed by atoms with Gasteiger partial charge in [0.2, 0.25) is 0 Å². The maximum Gasteiger partial charge on any atom is 0.114 e. The Morgan fingerprint density at radius 3 is 1.78 bits per heavy atom. The van der Waals surface area contributed by atoms with E-state index in [1.54, 1.807) is 16.7 Å². The average molecular weight is 637 g/mol. The van der Waals surface area contributed by atoms with E-state index in [0.717, 1.165) is 54.9 Å². The molecule has 2 nitrogen and oxygen atoms in total. The highest BCUT2D eigenvalue weighted by atomic mass is 15.1. The minimum absolute atomic E-state index is 0.144. The highest BCUT2D eigenvalue weighted by Crippen LogP contribution is 2.46. The number of nitrogens with zero attached hydrogens (tertiary/aromatic N) is 2. The molecule has 9 aromatic rings. The smallest absolute Gasteiger partial charge is 0.114 e. The Bertz CT molecular complexity index is 3040. The standard InChI is InChI=1S/C47H34N2/c1-2-45-48-42-25-13-15-27-44(42)49(45)43-26-14-12-19-36(43)33-28-30-34(31-29-33)46-38-21-8-10-23-40(38)47(41-24-11-9-22-39(41)46)37-20-7-6-18-35(37)32-16-4-3-5-17-32/h3-31H,2H2,1H3/i1D3,2D2,3D,4D,5D,16D,17D. The van der Waals surface area contributed by atoms with Gasteiger partial charge < -0.3 is 0 Å². The maximum absolute atomic E-state index is 8.82. The van der Waals surface area contributed by atoms with Gasteiger partial charge >= 0.3 is 0 Å². The minimum atomic E-state index is -2.97. The second-order valence-corrected chi connectivity index (χ2v) is 11.9. The van der Waals surface area contributed by atoms with Gasteiger partial charge in [-0.2, -0.15) is 0 Å². The molecule has 0 aliphatic rings. The van der Waals surface area contributed by atoms with Crippen LogP contribution in [-0.4, -0.2) is 9.55 Å². The van der Waals surface area contributed by atoms with Crippen LogP contribution in [0, 0.1) is 0 Å². The number of imidazole rings is 1. The molecule has 0 atom stereocenters. The summed E-state index contributed by atoms with van der Waals surface area (Å²) >= 11 is 0. The van der Waals surface area contributed by atoms with Crippen LogP contribution in [0.3, 0.4) is 0 Å². The van der Waals surface area contributed by atoms with Gasteiger partial charge in [0.1, 0.15) is 5.82 Å². The Hall–Kier alpha value is -6.25. The number of aryl methyl sites for hydroxylation is 1. The van der Waals surface area contributed by atoms with E-state index >= 15 is 0 Å². The Morgan fingerprint density at radius 2 is 1.08 bits per heavy atom. The summed E-state index contributed by atoms with van der Waals surface area (Å²) in [6.45, 7) is -2.97. The predicted molar refractivity (Wildman–Crippen MR) is 207 cm³/mol. The van der Waals surface area contributed by atoms with Crippen LogP contribution in [0.25, 0.3) is 82.8 Å². The van der Waals surface area contributed by atoms with Crippen molar-refractivity contribution in [3.63, 3.8) is 0 Å². The second kappa shape index (κ2) is 12.1. The molecule has 0 saturated carbocycles. The molecular weight excluding hydrogens is 593 g/mol. The van der Waals surface area contributed by atoms with E-state index in [9.17, 15) is 0 Å². The number of para-hydroxylation sites is 3. The molecule has 0 aliphatic heterocycles. The summed E-state index contributed by atoms with van der Waals surface area (Å²) in [5, 5.41) is 3.79. The van der Waals surface area contributed by atoms with Crippen LogP contribution in [0.5, 0.6) is 0 Å². The van der Waals surface area contributed by atoms with E-state index in [1.165, 1.54) is 0 Å². The van der Waals surface area contributed by atoms with E-state index in [0.29, 0.717) is 22.3 Å². The largest absolute Gasteiger partial charge is 0.296 e. The summed E-state index contributed by atoms with van der Waals surface area (Å²) in [5.41, 5.74) is 7.51.